The molecule has 1 aromatic carbocycles. The Morgan fingerprint density at radius 1 is 1.21 bits per heavy atom. The minimum atomic E-state index is -0.569. The average Bonchev–Trinajstić information content (AvgIpc) is 2.92. The highest BCUT2D eigenvalue weighted by molar-refractivity contribution is 7.12. The summed E-state index contributed by atoms with van der Waals surface area (Å²) in [4.78, 5) is 14.5. The van der Waals surface area contributed by atoms with E-state index < -0.39 is 6.04 Å². The minimum absolute atomic E-state index is 0. The predicted molar refractivity (Wildman–Crippen MR) is 105 cm³/mol. The second-order valence-electron chi connectivity index (χ2n) is 5.04. The standard InChI is InChI=1S/C17H19Cl2NO2S.ClH/c1-3-5-14-6-7-15(23-14)16(17(21)22-4-2)20-13-9-11(18)8-12(19)10-13;/h6-10,16,20H,3-5H2,1-2H3;1H. The number of carbonyl (C=O) groups is 1. The van der Waals surface area contributed by atoms with E-state index in [0.29, 0.717) is 22.3 Å². The Morgan fingerprint density at radius 2 is 1.88 bits per heavy atom. The lowest BCUT2D eigenvalue weighted by Gasteiger charge is -2.17. The molecule has 0 spiro atoms. The molecule has 0 bridgehead atoms. The quantitative estimate of drug-likeness (QED) is 0.559. The van der Waals surface area contributed by atoms with Crippen molar-refractivity contribution in [1.29, 1.82) is 0 Å². The minimum Gasteiger partial charge on any atom is -0.464 e. The van der Waals surface area contributed by atoms with Gasteiger partial charge in [0.05, 0.1) is 6.61 Å². The number of carbonyl (C=O) groups excluding carboxylic acids is 1. The Bertz CT molecular complexity index is 655. The van der Waals surface area contributed by atoms with Crippen LogP contribution in [0.3, 0.4) is 0 Å². The zero-order valence-electron chi connectivity index (χ0n) is 13.5. The van der Waals surface area contributed by atoms with Crippen molar-refractivity contribution in [3.63, 3.8) is 0 Å². The third-order valence-corrected chi connectivity index (χ3v) is 4.81. The number of ether oxygens (including phenoxy) is 1. The zero-order valence-corrected chi connectivity index (χ0v) is 16.6. The van der Waals surface area contributed by atoms with E-state index in [0.717, 1.165) is 17.7 Å². The van der Waals surface area contributed by atoms with Crippen LogP contribution in [0.1, 0.15) is 36.1 Å². The maximum Gasteiger partial charge on any atom is 0.334 e. The van der Waals surface area contributed by atoms with Crippen molar-refractivity contribution < 1.29 is 9.53 Å². The van der Waals surface area contributed by atoms with E-state index >= 15 is 0 Å². The molecule has 1 heterocycles. The molecule has 1 unspecified atom stereocenters. The first-order valence-electron chi connectivity index (χ1n) is 7.51. The topological polar surface area (TPSA) is 38.3 Å². The molecule has 0 saturated heterocycles. The zero-order chi connectivity index (χ0) is 16.8. The van der Waals surface area contributed by atoms with Crippen molar-refractivity contribution in [2.45, 2.75) is 32.7 Å². The summed E-state index contributed by atoms with van der Waals surface area (Å²) >= 11 is 13.7. The highest BCUT2D eigenvalue weighted by atomic mass is 35.5. The molecular weight excluding hydrogens is 389 g/mol. The molecule has 0 fully saturated rings. The first-order valence-corrected chi connectivity index (χ1v) is 9.08. The summed E-state index contributed by atoms with van der Waals surface area (Å²) in [5, 5.41) is 4.21. The summed E-state index contributed by atoms with van der Waals surface area (Å²) in [6, 6.07) is 8.58. The van der Waals surface area contributed by atoms with Crippen molar-refractivity contribution in [1.82, 2.24) is 0 Å². The molecular formula is C17H20Cl3NO2S. The first kappa shape index (κ1) is 21.1. The number of hydrogen-bond acceptors (Lipinski definition) is 4. The average molecular weight is 409 g/mol. The van der Waals surface area contributed by atoms with Crippen LogP contribution in [0.25, 0.3) is 0 Å². The SMILES string of the molecule is CCCc1ccc(C(Nc2cc(Cl)cc(Cl)c2)C(=O)OCC)s1.Cl. The fourth-order valence-corrected chi connectivity index (χ4v) is 3.89. The monoisotopic (exact) mass is 407 g/mol. The van der Waals surface area contributed by atoms with Gasteiger partial charge in [0, 0.05) is 25.5 Å². The van der Waals surface area contributed by atoms with Gasteiger partial charge in [-0.3, -0.25) is 0 Å². The number of anilines is 1. The van der Waals surface area contributed by atoms with Gasteiger partial charge in [0.1, 0.15) is 0 Å². The third kappa shape index (κ3) is 5.85. The first-order chi connectivity index (χ1) is 11.0. The molecule has 1 N–H and O–H groups in total. The van der Waals surface area contributed by atoms with Crippen molar-refractivity contribution >= 4 is 58.6 Å². The smallest absolute Gasteiger partial charge is 0.334 e. The van der Waals surface area contributed by atoms with Crippen LogP contribution in [-0.4, -0.2) is 12.6 Å². The lowest BCUT2D eigenvalue weighted by atomic mass is 10.2. The lowest BCUT2D eigenvalue weighted by Crippen LogP contribution is -2.22. The summed E-state index contributed by atoms with van der Waals surface area (Å²) in [5.41, 5.74) is 0.686. The predicted octanol–water partition coefficient (Wildman–Crippen LogP) is 6.15. The maximum atomic E-state index is 12.3. The second-order valence-corrected chi connectivity index (χ2v) is 7.11. The van der Waals surface area contributed by atoms with Crippen molar-refractivity contribution in [2.24, 2.45) is 0 Å². The van der Waals surface area contributed by atoms with E-state index in [1.165, 1.54) is 4.88 Å². The Kier molecular flexibility index (Phi) is 8.92. The second kappa shape index (κ2) is 10.1. The molecule has 2 aromatic rings. The van der Waals surface area contributed by atoms with Gasteiger partial charge in [-0.05, 0) is 43.7 Å². The van der Waals surface area contributed by atoms with Gasteiger partial charge in [-0.1, -0.05) is 36.5 Å². The van der Waals surface area contributed by atoms with Crippen molar-refractivity contribution in [2.75, 3.05) is 11.9 Å². The fraction of sp³-hybridized carbons (Fsp3) is 0.353. The van der Waals surface area contributed by atoms with E-state index in [-0.39, 0.29) is 18.4 Å². The summed E-state index contributed by atoms with van der Waals surface area (Å²) in [7, 11) is 0. The summed E-state index contributed by atoms with van der Waals surface area (Å²) in [6.45, 7) is 4.26. The lowest BCUT2D eigenvalue weighted by molar-refractivity contribution is -0.144. The largest absolute Gasteiger partial charge is 0.464 e. The van der Waals surface area contributed by atoms with Gasteiger partial charge in [0.25, 0.3) is 0 Å². The van der Waals surface area contributed by atoms with Gasteiger partial charge in [0.15, 0.2) is 6.04 Å². The van der Waals surface area contributed by atoms with E-state index in [4.69, 9.17) is 27.9 Å². The van der Waals surface area contributed by atoms with Crippen LogP contribution < -0.4 is 5.32 Å². The molecule has 0 amide bonds. The third-order valence-electron chi connectivity index (χ3n) is 3.16. The number of rotatable bonds is 7. The molecule has 2 rings (SSSR count). The van der Waals surface area contributed by atoms with Gasteiger partial charge in [-0.15, -0.1) is 23.7 Å². The van der Waals surface area contributed by atoms with Gasteiger partial charge < -0.3 is 10.1 Å². The number of benzene rings is 1. The van der Waals surface area contributed by atoms with E-state index in [2.05, 4.69) is 18.3 Å². The number of aryl methyl sites for hydroxylation is 1. The van der Waals surface area contributed by atoms with Crippen LogP contribution in [0.2, 0.25) is 10.0 Å². The van der Waals surface area contributed by atoms with Crippen LogP contribution in [-0.2, 0) is 16.0 Å². The normalized spacial score (nSPS) is 11.5. The molecule has 3 nitrogen and oxygen atoms in total. The Hall–Kier alpha value is -0.940. The van der Waals surface area contributed by atoms with E-state index in [1.807, 2.05) is 6.07 Å². The van der Waals surface area contributed by atoms with Crippen LogP contribution in [0.5, 0.6) is 0 Å². The number of thiophene rings is 1. The highest BCUT2D eigenvalue weighted by Gasteiger charge is 2.24. The van der Waals surface area contributed by atoms with E-state index in [1.54, 1.807) is 36.5 Å². The fourth-order valence-electron chi connectivity index (χ4n) is 2.21. The Balaban J connectivity index is 0.00000288. The number of nitrogens with one attached hydrogen (secondary N) is 1. The molecule has 1 atom stereocenters. The summed E-state index contributed by atoms with van der Waals surface area (Å²) < 4.78 is 5.20. The van der Waals surface area contributed by atoms with Crippen molar-refractivity contribution in [3.05, 3.63) is 50.1 Å². The van der Waals surface area contributed by atoms with Gasteiger partial charge in [0.2, 0.25) is 0 Å². The summed E-state index contributed by atoms with van der Waals surface area (Å²) in [6.07, 6.45) is 2.07. The molecule has 0 saturated carbocycles. The molecule has 132 valence electrons. The Morgan fingerprint density at radius 3 is 2.46 bits per heavy atom. The number of hydrogen-bond donors (Lipinski definition) is 1. The maximum absolute atomic E-state index is 12.3. The highest BCUT2D eigenvalue weighted by Crippen LogP contribution is 2.30. The molecule has 24 heavy (non-hydrogen) atoms. The van der Waals surface area contributed by atoms with Crippen LogP contribution in [0, 0.1) is 0 Å². The van der Waals surface area contributed by atoms with Gasteiger partial charge in [-0.25, -0.2) is 4.79 Å². The molecule has 1 aromatic heterocycles. The number of halogens is 3. The molecule has 0 aliphatic heterocycles. The molecule has 7 heteroatoms. The number of esters is 1. The molecule has 0 radical (unpaired) electrons. The summed E-state index contributed by atoms with van der Waals surface area (Å²) in [5.74, 6) is -0.312. The molecule has 0 aliphatic rings. The van der Waals surface area contributed by atoms with Crippen LogP contribution in [0.15, 0.2) is 30.3 Å². The van der Waals surface area contributed by atoms with Crippen LogP contribution in [0.4, 0.5) is 5.69 Å². The van der Waals surface area contributed by atoms with Crippen molar-refractivity contribution in [3.8, 4) is 0 Å². The Labute approximate surface area is 162 Å². The van der Waals surface area contributed by atoms with Gasteiger partial charge in [-0.2, -0.15) is 0 Å². The molecule has 0 aliphatic carbocycles. The van der Waals surface area contributed by atoms with Gasteiger partial charge >= 0.3 is 5.97 Å². The van der Waals surface area contributed by atoms with E-state index in [9.17, 15) is 4.79 Å². The van der Waals surface area contributed by atoms with Crippen LogP contribution >= 0.6 is 46.9 Å².